The van der Waals surface area contributed by atoms with E-state index in [-0.39, 0.29) is 0 Å². The molecule has 0 N–H and O–H groups in total. The van der Waals surface area contributed by atoms with E-state index in [0.29, 0.717) is 11.8 Å². The Morgan fingerprint density at radius 2 is 2.30 bits per heavy atom. The monoisotopic (exact) mass is 132 g/mol. The van der Waals surface area contributed by atoms with Crippen LogP contribution in [0.3, 0.4) is 0 Å². The third-order valence-corrected chi connectivity index (χ3v) is 1.92. The Hall–Kier alpha value is -0.960. The van der Waals surface area contributed by atoms with E-state index in [0.717, 1.165) is 12.8 Å². The molecule has 0 aromatic rings. The lowest BCUT2D eigenvalue weighted by Gasteiger charge is -2.15. The summed E-state index contributed by atoms with van der Waals surface area (Å²) in [5.74, 6) is 3.66. The normalized spacial score (nSPS) is 31.1. The van der Waals surface area contributed by atoms with Gasteiger partial charge in [-0.15, -0.1) is 13.0 Å². The molecule has 0 spiro atoms. The first kappa shape index (κ1) is 7.15. The van der Waals surface area contributed by atoms with E-state index in [1.54, 1.807) is 0 Å². The SMILES string of the molecule is C#CC1C=CC(C=C)CC1. The van der Waals surface area contributed by atoms with Gasteiger partial charge in [0.15, 0.2) is 0 Å². The van der Waals surface area contributed by atoms with Gasteiger partial charge in [-0.2, -0.15) is 0 Å². The van der Waals surface area contributed by atoms with E-state index < -0.39 is 0 Å². The van der Waals surface area contributed by atoms with Crippen LogP contribution in [0, 0.1) is 24.2 Å². The lowest BCUT2D eigenvalue weighted by Crippen LogP contribution is -2.04. The van der Waals surface area contributed by atoms with Crippen molar-refractivity contribution >= 4 is 0 Å². The van der Waals surface area contributed by atoms with Crippen molar-refractivity contribution in [2.75, 3.05) is 0 Å². The molecule has 0 amide bonds. The van der Waals surface area contributed by atoms with Gasteiger partial charge in [-0.25, -0.2) is 0 Å². The Labute approximate surface area is 62.6 Å². The van der Waals surface area contributed by atoms with E-state index >= 15 is 0 Å². The van der Waals surface area contributed by atoms with E-state index in [1.807, 2.05) is 6.08 Å². The Morgan fingerprint density at radius 1 is 1.50 bits per heavy atom. The smallest absolute Gasteiger partial charge is 0.0380 e. The molecular formula is C10H12. The maximum atomic E-state index is 5.26. The summed E-state index contributed by atoms with van der Waals surface area (Å²) in [5.41, 5.74) is 0. The van der Waals surface area contributed by atoms with Crippen LogP contribution < -0.4 is 0 Å². The second kappa shape index (κ2) is 3.27. The van der Waals surface area contributed by atoms with Crippen LogP contribution in [0.25, 0.3) is 0 Å². The third kappa shape index (κ3) is 1.51. The van der Waals surface area contributed by atoms with Crippen molar-refractivity contribution in [3.63, 3.8) is 0 Å². The summed E-state index contributed by atoms with van der Waals surface area (Å²) in [6.07, 6.45) is 13.8. The van der Waals surface area contributed by atoms with E-state index in [1.165, 1.54) is 0 Å². The summed E-state index contributed by atoms with van der Waals surface area (Å²) in [4.78, 5) is 0. The van der Waals surface area contributed by atoms with Gasteiger partial charge in [0.2, 0.25) is 0 Å². The predicted octanol–water partition coefficient (Wildman–Crippen LogP) is 2.39. The van der Waals surface area contributed by atoms with E-state index in [9.17, 15) is 0 Å². The lowest BCUT2D eigenvalue weighted by molar-refractivity contribution is 0.574. The van der Waals surface area contributed by atoms with Crippen molar-refractivity contribution in [3.05, 3.63) is 24.8 Å². The topological polar surface area (TPSA) is 0 Å². The Balaban J connectivity index is 2.53. The number of hydrogen-bond donors (Lipinski definition) is 0. The minimum absolute atomic E-state index is 0.371. The molecule has 52 valence electrons. The molecule has 0 bridgehead atoms. The van der Waals surface area contributed by atoms with Crippen LogP contribution in [0.2, 0.25) is 0 Å². The third-order valence-electron chi connectivity index (χ3n) is 1.92. The maximum Gasteiger partial charge on any atom is 0.0380 e. The summed E-state index contributed by atoms with van der Waals surface area (Å²) in [6.45, 7) is 3.73. The van der Waals surface area contributed by atoms with Crippen LogP contribution in [0.15, 0.2) is 24.8 Å². The molecule has 1 aliphatic carbocycles. The highest BCUT2D eigenvalue weighted by molar-refractivity contribution is 5.12. The van der Waals surface area contributed by atoms with Crippen molar-refractivity contribution in [2.24, 2.45) is 11.8 Å². The molecule has 1 rings (SSSR count). The number of hydrogen-bond acceptors (Lipinski definition) is 0. The van der Waals surface area contributed by atoms with Crippen LogP contribution in [0.5, 0.6) is 0 Å². The van der Waals surface area contributed by atoms with Crippen molar-refractivity contribution in [1.29, 1.82) is 0 Å². The van der Waals surface area contributed by atoms with Gasteiger partial charge >= 0.3 is 0 Å². The zero-order valence-electron chi connectivity index (χ0n) is 6.09. The Morgan fingerprint density at radius 3 is 2.70 bits per heavy atom. The summed E-state index contributed by atoms with van der Waals surface area (Å²) in [6, 6.07) is 0. The van der Waals surface area contributed by atoms with Gasteiger partial charge < -0.3 is 0 Å². The maximum absolute atomic E-state index is 5.26. The fourth-order valence-electron chi connectivity index (χ4n) is 1.18. The van der Waals surface area contributed by atoms with Crippen molar-refractivity contribution in [1.82, 2.24) is 0 Å². The average Bonchev–Trinajstić information content (AvgIpc) is 2.05. The van der Waals surface area contributed by atoms with Gasteiger partial charge in [0.25, 0.3) is 0 Å². The second-order valence-corrected chi connectivity index (χ2v) is 2.63. The zero-order valence-corrected chi connectivity index (χ0v) is 6.09. The molecular weight excluding hydrogens is 120 g/mol. The van der Waals surface area contributed by atoms with Crippen molar-refractivity contribution < 1.29 is 0 Å². The Kier molecular flexibility index (Phi) is 2.34. The fourth-order valence-corrected chi connectivity index (χ4v) is 1.18. The highest BCUT2D eigenvalue weighted by Crippen LogP contribution is 2.21. The zero-order chi connectivity index (χ0) is 7.40. The first-order chi connectivity index (χ1) is 4.86. The molecule has 2 atom stereocenters. The highest BCUT2D eigenvalue weighted by Gasteiger charge is 2.09. The molecule has 0 aromatic carbocycles. The largest absolute Gasteiger partial charge is 0.119 e. The summed E-state index contributed by atoms with van der Waals surface area (Å²) in [5, 5.41) is 0. The molecule has 2 unspecified atom stereocenters. The number of allylic oxidation sites excluding steroid dienone is 3. The van der Waals surface area contributed by atoms with Crippen LogP contribution in [0.1, 0.15) is 12.8 Å². The van der Waals surface area contributed by atoms with Gasteiger partial charge in [0.05, 0.1) is 0 Å². The molecule has 0 radical (unpaired) electrons. The molecule has 10 heavy (non-hydrogen) atoms. The lowest BCUT2D eigenvalue weighted by atomic mass is 9.89. The first-order valence-corrected chi connectivity index (χ1v) is 3.64. The molecule has 0 aromatic heterocycles. The van der Waals surface area contributed by atoms with Gasteiger partial charge in [-0.1, -0.05) is 24.1 Å². The predicted molar refractivity (Wildman–Crippen MR) is 44.4 cm³/mol. The quantitative estimate of drug-likeness (QED) is 0.379. The van der Waals surface area contributed by atoms with Crippen LogP contribution >= 0.6 is 0 Å². The van der Waals surface area contributed by atoms with Gasteiger partial charge in [0, 0.05) is 5.92 Å². The molecule has 1 aliphatic rings. The standard InChI is InChI=1S/C10H12/c1-3-9-5-7-10(4-2)8-6-9/h1,4-5,7,9-10H,2,6,8H2. The van der Waals surface area contributed by atoms with E-state index in [2.05, 4.69) is 24.7 Å². The van der Waals surface area contributed by atoms with Crippen molar-refractivity contribution in [3.8, 4) is 12.3 Å². The van der Waals surface area contributed by atoms with Gasteiger partial charge in [-0.3, -0.25) is 0 Å². The minimum Gasteiger partial charge on any atom is -0.119 e. The van der Waals surface area contributed by atoms with Crippen LogP contribution in [0.4, 0.5) is 0 Å². The number of terminal acetylenes is 1. The fraction of sp³-hybridized carbons (Fsp3) is 0.400. The first-order valence-electron chi connectivity index (χ1n) is 3.64. The summed E-state index contributed by atoms with van der Waals surface area (Å²) in [7, 11) is 0. The summed E-state index contributed by atoms with van der Waals surface area (Å²) >= 11 is 0. The number of rotatable bonds is 1. The molecule has 0 heteroatoms. The van der Waals surface area contributed by atoms with Crippen molar-refractivity contribution in [2.45, 2.75) is 12.8 Å². The van der Waals surface area contributed by atoms with E-state index in [4.69, 9.17) is 6.42 Å². The average molecular weight is 132 g/mol. The molecule has 0 fully saturated rings. The molecule has 0 aliphatic heterocycles. The molecule has 0 heterocycles. The molecule has 0 nitrogen and oxygen atoms in total. The van der Waals surface area contributed by atoms with Gasteiger partial charge in [0.1, 0.15) is 0 Å². The van der Waals surface area contributed by atoms with Gasteiger partial charge in [-0.05, 0) is 18.8 Å². The minimum atomic E-state index is 0.371. The highest BCUT2D eigenvalue weighted by atomic mass is 14.1. The van der Waals surface area contributed by atoms with Crippen LogP contribution in [-0.4, -0.2) is 0 Å². The molecule has 0 saturated heterocycles. The summed E-state index contributed by atoms with van der Waals surface area (Å²) < 4.78 is 0. The Bertz CT molecular complexity index is 181. The molecule has 0 saturated carbocycles. The second-order valence-electron chi connectivity index (χ2n) is 2.63. The van der Waals surface area contributed by atoms with Crippen LogP contribution in [-0.2, 0) is 0 Å².